The molecule has 0 saturated carbocycles. The van der Waals surface area contributed by atoms with Gasteiger partial charge in [-0.3, -0.25) is 4.40 Å². The molecule has 0 N–H and O–H groups in total. The quantitative estimate of drug-likeness (QED) is 0.170. The Kier molecular flexibility index (Phi) is 7.02. The number of hydrogen-bond donors (Lipinski definition) is 0. The van der Waals surface area contributed by atoms with Crippen molar-refractivity contribution in [1.82, 2.24) is 18.5 Å². The molecule has 0 amide bonds. The number of allylic oxidation sites excluding steroid dienone is 1. The van der Waals surface area contributed by atoms with Gasteiger partial charge < -0.3 is 9.13 Å². The molecule has 11 rings (SSSR count). The lowest BCUT2D eigenvalue weighted by Crippen LogP contribution is -2.01. The fraction of sp³-hybridized carbons (Fsp3) is 0.0816. The number of aromatic nitrogens is 4. The SMILES string of the molecule is C/C=C\c1c(C)c2ccc3c4ccccc4n(-c4ccc5c(c4)c4c6ccccc6ccc4c4nc6ccccc6n54)c3c2n1-c1ccccc1.CC. The van der Waals surface area contributed by atoms with Gasteiger partial charge in [0.05, 0.1) is 33.1 Å². The van der Waals surface area contributed by atoms with E-state index in [4.69, 9.17) is 4.98 Å². The molecule has 0 spiro atoms. The minimum Gasteiger partial charge on any atom is -0.308 e. The predicted octanol–water partition coefficient (Wildman–Crippen LogP) is 13.4. The molecule has 0 atom stereocenters. The summed E-state index contributed by atoms with van der Waals surface area (Å²) in [4.78, 5) is 5.20. The monoisotopic (exact) mass is 682 g/mol. The Morgan fingerprint density at radius 2 is 1.19 bits per heavy atom. The third kappa shape index (κ3) is 4.33. The molecule has 7 aromatic carbocycles. The Bertz CT molecular complexity index is 3260. The molecule has 53 heavy (non-hydrogen) atoms. The first-order valence-electron chi connectivity index (χ1n) is 18.6. The van der Waals surface area contributed by atoms with Gasteiger partial charge >= 0.3 is 0 Å². The molecule has 0 fully saturated rings. The van der Waals surface area contributed by atoms with Crippen molar-refractivity contribution in [3.05, 3.63) is 163 Å². The maximum Gasteiger partial charge on any atom is 0.146 e. The zero-order valence-electron chi connectivity index (χ0n) is 30.3. The van der Waals surface area contributed by atoms with Crippen LogP contribution in [0.2, 0.25) is 0 Å². The van der Waals surface area contributed by atoms with Gasteiger partial charge in [0.1, 0.15) is 5.65 Å². The van der Waals surface area contributed by atoms with Crippen molar-refractivity contribution in [1.29, 1.82) is 0 Å². The normalized spacial score (nSPS) is 12.1. The van der Waals surface area contributed by atoms with E-state index in [0.717, 1.165) is 39.0 Å². The molecular formula is C49H38N4. The van der Waals surface area contributed by atoms with Crippen molar-refractivity contribution in [3.8, 4) is 11.4 Å². The Morgan fingerprint density at radius 3 is 2.02 bits per heavy atom. The van der Waals surface area contributed by atoms with E-state index >= 15 is 0 Å². The van der Waals surface area contributed by atoms with E-state index < -0.39 is 0 Å². The van der Waals surface area contributed by atoms with Crippen molar-refractivity contribution in [2.45, 2.75) is 27.7 Å². The van der Waals surface area contributed by atoms with Crippen LogP contribution in [-0.2, 0) is 0 Å². The van der Waals surface area contributed by atoms with Crippen molar-refractivity contribution in [2.24, 2.45) is 0 Å². The van der Waals surface area contributed by atoms with Gasteiger partial charge in [0.2, 0.25) is 0 Å². The highest BCUT2D eigenvalue weighted by atomic mass is 15.1. The van der Waals surface area contributed by atoms with Gasteiger partial charge in [-0.15, -0.1) is 0 Å². The van der Waals surface area contributed by atoms with E-state index in [9.17, 15) is 0 Å². The van der Waals surface area contributed by atoms with Crippen molar-refractivity contribution in [2.75, 3.05) is 0 Å². The van der Waals surface area contributed by atoms with E-state index in [1.807, 2.05) is 13.8 Å². The smallest absolute Gasteiger partial charge is 0.146 e. The molecule has 4 heteroatoms. The zero-order valence-corrected chi connectivity index (χ0v) is 30.3. The second-order valence-electron chi connectivity index (χ2n) is 13.6. The molecule has 0 saturated heterocycles. The van der Waals surface area contributed by atoms with E-state index in [0.29, 0.717) is 0 Å². The summed E-state index contributed by atoms with van der Waals surface area (Å²) in [7, 11) is 0. The van der Waals surface area contributed by atoms with Crippen molar-refractivity contribution < 1.29 is 0 Å². The van der Waals surface area contributed by atoms with Gasteiger partial charge in [0.15, 0.2) is 0 Å². The van der Waals surface area contributed by atoms with Crippen LogP contribution in [0.15, 0.2) is 152 Å². The Morgan fingerprint density at radius 1 is 0.509 bits per heavy atom. The second-order valence-corrected chi connectivity index (χ2v) is 13.6. The summed E-state index contributed by atoms with van der Waals surface area (Å²) in [5, 5.41) is 9.80. The highest BCUT2D eigenvalue weighted by Crippen LogP contribution is 2.43. The number of nitrogens with zero attached hydrogens (tertiary/aromatic N) is 4. The van der Waals surface area contributed by atoms with Gasteiger partial charge in [-0.1, -0.05) is 111 Å². The van der Waals surface area contributed by atoms with Gasteiger partial charge in [-0.2, -0.15) is 0 Å². The lowest BCUT2D eigenvalue weighted by atomic mass is 9.98. The maximum atomic E-state index is 5.20. The molecule has 0 aliphatic carbocycles. The lowest BCUT2D eigenvalue weighted by Gasteiger charge is -2.16. The number of benzene rings is 7. The van der Waals surface area contributed by atoms with E-state index in [1.54, 1.807) is 0 Å². The summed E-state index contributed by atoms with van der Waals surface area (Å²) in [5.41, 5.74) is 12.6. The zero-order chi connectivity index (χ0) is 35.8. The largest absolute Gasteiger partial charge is 0.308 e. The number of aryl methyl sites for hydroxylation is 1. The molecule has 11 aromatic rings. The Balaban J connectivity index is 0.00000172. The van der Waals surface area contributed by atoms with Gasteiger partial charge in [0, 0.05) is 49.4 Å². The topological polar surface area (TPSA) is 27.2 Å². The molecule has 4 nitrogen and oxygen atoms in total. The first-order valence-corrected chi connectivity index (χ1v) is 18.6. The number of rotatable bonds is 3. The summed E-state index contributed by atoms with van der Waals surface area (Å²) in [6.07, 6.45) is 4.39. The third-order valence-electron chi connectivity index (χ3n) is 10.9. The molecule has 0 bridgehead atoms. The van der Waals surface area contributed by atoms with Crippen molar-refractivity contribution >= 4 is 87.9 Å². The second kappa shape index (κ2) is 12.0. The molecule has 0 radical (unpaired) electrons. The van der Waals surface area contributed by atoms with Crippen LogP contribution in [-0.4, -0.2) is 18.5 Å². The van der Waals surface area contributed by atoms with E-state index in [2.05, 4.69) is 185 Å². The van der Waals surface area contributed by atoms with Gasteiger partial charge in [-0.25, -0.2) is 4.98 Å². The highest BCUT2D eigenvalue weighted by molar-refractivity contribution is 6.25. The first kappa shape index (κ1) is 31.1. The maximum absolute atomic E-state index is 5.20. The molecule has 254 valence electrons. The minimum atomic E-state index is 0.989. The highest BCUT2D eigenvalue weighted by Gasteiger charge is 2.23. The number of pyridine rings is 1. The molecular weight excluding hydrogens is 645 g/mol. The van der Waals surface area contributed by atoms with Gasteiger partial charge in [0.25, 0.3) is 0 Å². The Hall–Kier alpha value is -6.65. The van der Waals surface area contributed by atoms with E-state index in [-0.39, 0.29) is 0 Å². The number of fused-ring (bicyclic) bond motifs is 15. The molecule has 4 heterocycles. The van der Waals surface area contributed by atoms with Crippen LogP contribution in [0, 0.1) is 6.92 Å². The summed E-state index contributed by atoms with van der Waals surface area (Å²) >= 11 is 0. The van der Waals surface area contributed by atoms with Gasteiger partial charge in [-0.05, 0) is 90.9 Å². The van der Waals surface area contributed by atoms with Crippen LogP contribution in [0.3, 0.4) is 0 Å². The molecule has 0 unspecified atom stereocenters. The Labute approximate surface area is 307 Å². The number of hydrogen-bond acceptors (Lipinski definition) is 1. The van der Waals surface area contributed by atoms with Crippen molar-refractivity contribution in [3.63, 3.8) is 0 Å². The first-order chi connectivity index (χ1) is 26.2. The average Bonchev–Trinajstić information content (AvgIpc) is 3.87. The summed E-state index contributed by atoms with van der Waals surface area (Å²) in [6.45, 7) is 8.35. The number of para-hydroxylation sites is 4. The number of imidazole rings is 1. The van der Waals surface area contributed by atoms with Crippen LogP contribution in [0.5, 0.6) is 0 Å². The summed E-state index contributed by atoms with van der Waals surface area (Å²) in [5.74, 6) is 0. The van der Waals surface area contributed by atoms with Crippen LogP contribution >= 0.6 is 0 Å². The lowest BCUT2D eigenvalue weighted by molar-refractivity contribution is 1.09. The van der Waals surface area contributed by atoms with Crippen LogP contribution in [0.4, 0.5) is 0 Å². The fourth-order valence-electron chi connectivity index (χ4n) is 8.72. The average molecular weight is 683 g/mol. The van der Waals surface area contributed by atoms with E-state index in [1.165, 1.54) is 65.5 Å². The van der Waals surface area contributed by atoms with Crippen LogP contribution in [0.25, 0.3) is 99.3 Å². The molecule has 0 aliphatic rings. The van der Waals surface area contributed by atoms with Crippen LogP contribution < -0.4 is 0 Å². The van der Waals surface area contributed by atoms with Crippen LogP contribution in [0.1, 0.15) is 32.0 Å². The molecule has 4 aromatic heterocycles. The summed E-state index contributed by atoms with van der Waals surface area (Å²) in [6, 6.07) is 53.0. The summed E-state index contributed by atoms with van der Waals surface area (Å²) < 4.78 is 7.30. The predicted molar refractivity (Wildman–Crippen MR) is 227 cm³/mol. The minimum absolute atomic E-state index is 0.989. The third-order valence-corrected chi connectivity index (χ3v) is 10.9. The standard InChI is InChI=1S/C47H32N4.C2H6/c1-3-13-40-29(2)33-25-26-36-35-18-9-11-20-41(35)50(46(36)45(33)49(40)31-15-5-4-6-16-31)32-23-27-42-38(28-32)44-34-17-8-7-14-30(34)22-24-37(44)47-48-39-19-10-12-21-43(39)51(42)47;1-2/h3-28H,1-2H3;1-2H3/b13-3-;. The fourth-order valence-corrected chi connectivity index (χ4v) is 8.72. The molecule has 0 aliphatic heterocycles.